The van der Waals surface area contributed by atoms with Crippen LogP contribution in [0.4, 0.5) is 5.13 Å². The molecule has 0 atom stereocenters. The molecule has 0 amide bonds. The van der Waals surface area contributed by atoms with Crippen molar-refractivity contribution in [3.05, 3.63) is 40.9 Å². The lowest BCUT2D eigenvalue weighted by Crippen LogP contribution is -2.26. The maximum absolute atomic E-state index is 12.4. The minimum Gasteiger partial charge on any atom is -0.348 e. The molecular formula is C18H24ClN3O2S2. The van der Waals surface area contributed by atoms with Gasteiger partial charge in [-0.3, -0.25) is 0 Å². The summed E-state index contributed by atoms with van der Waals surface area (Å²) in [5.74, 6) is 0.609. The van der Waals surface area contributed by atoms with Crippen LogP contribution in [0.1, 0.15) is 30.5 Å². The Balaban J connectivity index is 1.51. The van der Waals surface area contributed by atoms with E-state index in [1.165, 1.54) is 12.8 Å². The normalized spacial score (nSPS) is 14.9. The van der Waals surface area contributed by atoms with Gasteiger partial charge in [0.1, 0.15) is 0 Å². The molecule has 1 aliphatic rings. The van der Waals surface area contributed by atoms with E-state index in [9.17, 15) is 8.42 Å². The molecule has 0 radical (unpaired) electrons. The predicted molar refractivity (Wildman–Crippen MR) is 108 cm³/mol. The zero-order valence-electron chi connectivity index (χ0n) is 14.7. The maximum Gasteiger partial charge on any atom is 0.240 e. The summed E-state index contributed by atoms with van der Waals surface area (Å²) in [5.41, 5.74) is 2.04. The van der Waals surface area contributed by atoms with Crippen LogP contribution in [0.25, 0.3) is 0 Å². The molecule has 2 aromatic rings. The van der Waals surface area contributed by atoms with Crippen LogP contribution in [0.2, 0.25) is 0 Å². The first-order chi connectivity index (χ1) is 12.6. The monoisotopic (exact) mass is 413 g/mol. The number of hydrogen-bond donors (Lipinski definition) is 1. The predicted octanol–water partition coefficient (Wildman–Crippen LogP) is 3.44. The Morgan fingerprint density at radius 3 is 2.58 bits per heavy atom. The van der Waals surface area contributed by atoms with E-state index in [1.54, 1.807) is 23.5 Å². The third-order valence-electron chi connectivity index (χ3n) is 4.42. The van der Waals surface area contributed by atoms with Crippen molar-refractivity contribution in [2.75, 3.05) is 30.4 Å². The Morgan fingerprint density at radius 2 is 1.88 bits per heavy atom. The molecule has 0 saturated carbocycles. The fraction of sp³-hybridized carbons (Fsp3) is 0.500. The zero-order valence-corrected chi connectivity index (χ0v) is 17.0. The summed E-state index contributed by atoms with van der Waals surface area (Å²) in [4.78, 5) is 7.21. The van der Waals surface area contributed by atoms with Crippen molar-refractivity contribution in [1.29, 1.82) is 0 Å². The van der Waals surface area contributed by atoms with Gasteiger partial charge in [-0.2, -0.15) is 0 Å². The van der Waals surface area contributed by atoms with Gasteiger partial charge in [-0.15, -0.1) is 22.9 Å². The van der Waals surface area contributed by atoms with Crippen LogP contribution in [-0.4, -0.2) is 38.9 Å². The van der Waals surface area contributed by atoms with Gasteiger partial charge in [-0.25, -0.2) is 18.1 Å². The van der Waals surface area contributed by atoms with Gasteiger partial charge in [0, 0.05) is 37.3 Å². The number of benzene rings is 1. The number of alkyl halides is 1. The third-order valence-corrected chi connectivity index (χ3v) is 7.12. The van der Waals surface area contributed by atoms with Gasteiger partial charge in [0.2, 0.25) is 10.0 Å². The van der Waals surface area contributed by atoms with Crippen molar-refractivity contribution < 1.29 is 8.42 Å². The lowest BCUT2D eigenvalue weighted by atomic mass is 10.1. The van der Waals surface area contributed by atoms with Crippen LogP contribution in [-0.2, 0) is 22.9 Å². The summed E-state index contributed by atoms with van der Waals surface area (Å²) >= 11 is 7.33. The average molecular weight is 414 g/mol. The number of aryl methyl sites for hydroxylation is 1. The Labute approximate surface area is 164 Å². The van der Waals surface area contributed by atoms with Crippen LogP contribution in [0, 0.1) is 0 Å². The SMILES string of the molecule is O=S(=O)(NCCc1csc(N2CCCC2)n1)c1ccc(CCCCl)cc1. The van der Waals surface area contributed by atoms with Crippen molar-refractivity contribution in [2.45, 2.75) is 37.0 Å². The van der Waals surface area contributed by atoms with Gasteiger partial charge in [-0.1, -0.05) is 12.1 Å². The van der Waals surface area contributed by atoms with Crippen molar-refractivity contribution in [3.63, 3.8) is 0 Å². The van der Waals surface area contributed by atoms with Gasteiger partial charge in [-0.05, 0) is 43.4 Å². The van der Waals surface area contributed by atoms with Crippen LogP contribution in [0.3, 0.4) is 0 Å². The van der Waals surface area contributed by atoms with Crippen LogP contribution in [0.5, 0.6) is 0 Å². The molecule has 26 heavy (non-hydrogen) atoms. The highest BCUT2D eigenvalue weighted by Crippen LogP contribution is 2.24. The fourth-order valence-electron chi connectivity index (χ4n) is 2.97. The molecule has 2 heterocycles. The van der Waals surface area contributed by atoms with Gasteiger partial charge in [0.25, 0.3) is 0 Å². The zero-order chi connectivity index (χ0) is 18.4. The van der Waals surface area contributed by atoms with E-state index < -0.39 is 10.0 Å². The van der Waals surface area contributed by atoms with E-state index in [4.69, 9.17) is 11.6 Å². The Morgan fingerprint density at radius 1 is 1.15 bits per heavy atom. The van der Waals surface area contributed by atoms with Crippen LogP contribution < -0.4 is 9.62 Å². The number of thiazole rings is 1. The molecule has 1 saturated heterocycles. The van der Waals surface area contributed by atoms with E-state index in [-0.39, 0.29) is 0 Å². The number of nitrogens with one attached hydrogen (secondary N) is 1. The Bertz CT molecular complexity index is 800. The van der Waals surface area contributed by atoms with E-state index in [1.807, 2.05) is 17.5 Å². The fourth-order valence-corrected chi connectivity index (χ4v) is 5.05. The lowest BCUT2D eigenvalue weighted by Gasteiger charge is -2.12. The van der Waals surface area contributed by atoms with Crippen molar-refractivity contribution >= 4 is 38.1 Å². The minimum atomic E-state index is -3.49. The molecule has 0 spiro atoms. The van der Waals surface area contributed by atoms with Crippen LogP contribution >= 0.6 is 22.9 Å². The smallest absolute Gasteiger partial charge is 0.240 e. The first-order valence-corrected chi connectivity index (χ1v) is 11.8. The molecule has 3 rings (SSSR count). The molecule has 0 bridgehead atoms. The topological polar surface area (TPSA) is 62.3 Å². The highest BCUT2D eigenvalue weighted by molar-refractivity contribution is 7.89. The average Bonchev–Trinajstić information content (AvgIpc) is 3.31. The van der Waals surface area contributed by atoms with E-state index in [0.717, 1.165) is 42.3 Å². The summed E-state index contributed by atoms with van der Waals surface area (Å²) in [7, 11) is -3.49. The van der Waals surface area contributed by atoms with Gasteiger partial charge in [0.05, 0.1) is 10.6 Å². The van der Waals surface area contributed by atoms with Crippen molar-refractivity contribution in [1.82, 2.24) is 9.71 Å². The van der Waals surface area contributed by atoms with Crippen LogP contribution in [0.15, 0.2) is 34.5 Å². The number of sulfonamides is 1. The molecule has 5 nitrogen and oxygen atoms in total. The number of nitrogens with zero attached hydrogens (tertiary/aromatic N) is 2. The van der Waals surface area contributed by atoms with Gasteiger partial charge >= 0.3 is 0 Å². The molecule has 1 N–H and O–H groups in total. The molecule has 0 unspecified atom stereocenters. The molecule has 142 valence electrons. The second-order valence-electron chi connectivity index (χ2n) is 6.40. The van der Waals surface area contributed by atoms with Gasteiger partial charge in [0.15, 0.2) is 5.13 Å². The number of halogens is 1. The second kappa shape index (κ2) is 9.17. The first-order valence-electron chi connectivity index (χ1n) is 8.92. The summed E-state index contributed by atoms with van der Waals surface area (Å²) in [5, 5.41) is 3.07. The first kappa shape index (κ1) is 19.6. The standard InChI is InChI=1S/C18H24ClN3O2S2/c19-10-3-4-15-5-7-17(8-6-15)26(23,24)20-11-9-16-14-25-18(21-16)22-12-1-2-13-22/h5-8,14,20H,1-4,9-13H2. The largest absolute Gasteiger partial charge is 0.348 e. The number of hydrogen-bond acceptors (Lipinski definition) is 5. The molecule has 1 aromatic carbocycles. The van der Waals surface area contributed by atoms with E-state index in [0.29, 0.717) is 23.7 Å². The summed E-state index contributed by atoms with van der Waals surface area (Å²) in [6.07, 6.45) is 4.79. The number of anilines is 1. The lowest BCUT2D eigenvalue weighted by molar-refractivity contribution is 0.581. The molecule has 1 aromatic heterocycles. The molecular weight excluding hydrogens is 390 g/mol. The maximum atomic E-state index is 12.4. The Hall–Kier alpha value is -1.15. The quantitative estimate of drug-likeness (QED) is 0.639. The van der Waals surface area contributed by atoms with Gasteiger partial charge < -0.3 is 4.90 Å². The summed E-state index contributed by atoms with van der Waals surface area (Å²) < 4.78 is 27.5. The molecule has 1 aliphatic heterocycles. The number of aromatic nitrogens is 1. The Kier molecular flexibility index (Phi) is 6.92. The van der Waals surface area contributed by atoms with Crippen molar-refractivity contribution in [3.8, 4) is 0 Å². The summed E-state index contributed by atoms with van der Waals surface area (Å²) in [6.45, 7) is 2.49. The van der Waals surface area contributed by atoms with E-state index in [2.05, 4.69) is 14.6 Å². The molecule has 1 fully saturated rings. The third kappa shape index (κ3) is 5.19. The number of rotatable bonds is 9. The highest BCUT2D eigenvalue weighted by Gasteiger charge is 2.16. The molecule has 0 aliphatic carbocycles. The highest BCUT2D eigenvalue weighted by atomic mass is 35.5. The summed E-state index contributed by atoms with van der Waals surface area (Å²) in [6, 6.07) is 7.01. The van der Waals surface area contributed by atoms with E-state index >= 15 is 0 Å². The minimum absolute atomic E-state index is 0.295. The van der Waals surface area contributed by atoms with Crippen molar-refractivity contribution in [2.24, 2.45) is 0 Å². The molecule has 8 heteroatoms. The second-order valence-corrected chi connectivity index (χ2v) is 9.38.